The third-order valence-corrected chi connectivity index (χ3v) is 9.43. The SMILES string of the molecule is CCCCCC(=O)CC1C2C(=C(O)c3c(O)cccc3C2C)C(=O)C2(O)C(O)=C(C(=O)CC(C)(C)C)C(=O)C(N(C)C)C12. The third kappa shape index (κ3) is 5.35. The summed E-state index contributed by atoms with van der Waals surface area (Å²) in [5.41, 5.74) is -3.55. The molecule has 6 unspecified atom stereocenters. The Hall–Kier alpha value is -3.30. The zero-order valence-electron chi connectivity index (χ0n) is 26.2. The lowest BCUT2D eigenvalue weighted by Crippen LogP contribution is -2.68. The van der Waals surface area contributed by atoms with E-state index >= 15 is 0 Å². The number of likely N-dealkylation sites (N-methyl/N-ethyl adjacent to an activating group) is 1. The molecule has 43 heavy (non-hydrogen) atoms. The Balaban J connectivity index is 2.02. The largest absolute Gasteiger partial charge is 0.508 e. The molecule has 1 aromatic carbocycles. The van der Waals surface area contributed by atoms with Crippen molar-refractivity contribution in [1.29, 1.82) is 0 Å². The molecule has 4 N–H and O–H groups in total. The van der Waals surface area contributed by atoms with Gasteiger partial charge in [0.2, 0.25) is 5.78 Å². The third-order valence-electron chi connectivity index (χ3n) is 9.43. The average molecular weight is 596 g/mol. The van der Waals surface area contributed by atoms with Crippen LogP contribution in [0.15, 0.2) is 35.1 Å². The fourth-order valence-electron chi connectivity index (χ4n) is 7.60. The van der Waals surface area contributed by atoms with Gasteiger partial charge in [-0.05, 0) is 49.4 Å². The van der Waals surface area contributed by atoms with Gasteiger partial charge in [-0.15, -0.1) is 0 Å². The molecule has 0 radical (unpaired) electrons. The molecule has 0 aliphatic heterocycles. The van der Waals surface area contributed by atoms with Crippen molar-refractivity contribution in [3.8, 4) is 5.75 Å². The van der Waals surface area contributed by atoms with Gasteiger partial charge >= 0.3 is 0 Å². The van der Waals surface area contributed by atoms with E-state index in [4.69, 9.17) is 0 Å². The van der Waals surface area contributed by atoms with Gasteiger partial charge in [-0.1, -0.05) is 59.6 Å². The van der Waals surface area contributed by atoms with E-state index in [0.29, 0.717) is 12.0 Å². The smallest absolute Gasteiger partial charge is 0.202 e. The monoisotopic (exact) mass is 595 g/mol. The number of carbonyl (C=O) groups is 4. The quantitative estimate of drug-likeness (QED) is 0.233. The van der Waals surface area contributed by atoms with Crippen LogP contribution < -0.4 is 0 Å². The Bertz CT molecular complexity index is 1410. The van der Waals surface area contributed by atoms with Crippen LogP contribution in [-0.4, -0.2) is 74.2 Å². The second-order valence-corrected chi connectivity index (χ2v) is 14.0. The minimum absolute atomic E-state index is 0.0493. The summed E-state index contributed by atoms with van der Waals surface area (Å²) in [6, 6.07) is 3.53. The molecule has 6 atom stereocenters. The van der Waals surface area contributed by atoms with E-state index in [1.54, 1.807) is 47.0 Å². The van der Waals surface area contributed by atoms with Gasteiger partial charge in [-0.3, -0.25) is 24.1 Å². The van der Waals surface area contributed by atoms with Gasteiger partial charge in [0.05, 0.1) is 11.6 Å². The van der Waals surface area contributed by atoms with Gasteiger partial charge in [-0.2, -0.15) is 0 Å². The van der Waals surface area contributed by atoms with E-state index in [1.807, 2.05) is 13.8 Å². The number of benzene rings is 1. The van der Waals surface area contributed by atoms with Crippen LogP contribution in [0.5, 0.6) is 5.75 Å². The van der Waals surface area contributed by atoms with Gasteiger partial charge in [0.1, 0.15) is 28.6 Å². The number of ketones is 4. The summed E-state index contributed by atoms with van der Waals surface area (Å²) < 4.78 is 0. The number of phenols is 1. The van der Waals surface area contributed by atoms with Crippen molar-refractivity contribution in [2.45, 2.75) is 90.7 Å². The maximum atomic E-state index is 14.5. The zero-order valence-corrected chi connectivity index (χ0v) is 26.2. The fraction of sp³-hybridized carbons (Fsp3) is 0.588. The van der Waals surface area contributed by atoms with E-state index in [-0.39, 0.29) is 41.9 Å². The number of aliphatic hydroxyl groups is 3. The van der Waals surface area contributed by atoms with E-state index in [0.717, 1.165) is 12.8 Å². The number of aromatic hydroxyl groups is 1. The first-order valence-electron chi connectivity index (χ1n) is 15.2. The number of nitrogens with zero attached hydrogens (tertiary/aromatic N) is 1. The average Bonchev–Trinajstić information content (AvgIpc) is 2.89. The molecular weight excluding hydrogens is 550 g/mol. The first-order chi connectivity index (χ1) is 20.0. The molecule has 0 spiro atoms. The highest BCUT2D eigenvalue weighted by molar-refractivity contribution is 6.25. The maximum absolute atomic E-state index is 14.5. The molecule has 0 heterocycles. The van der Waals surface area contributed by atoms with Gasteiger partial charge in [-0.25, -0.2) is 0 Å². The van der Waals surface area contributed by atoms with Crippen LogP contribution in [0.2, 0.25) is 0 Å². The number of unbranched alkanes of at least 4 members (excludes halogenated alkanes) is 2. The molecule has 0 amide bonds. The van der Waals surface area contributed by atoms with E-state index in [1.165, 1.54) is 11.0 Å². The molecule has 0 saturated heterocycles. The fourth-order valence-corrected chi connectivity index (χ4v) is 7.60. The van der Waals surface area contributed by atoms with Crippen molar-refractivity contribution in [1.82, 2.24) is 4.90 Å². The van der Waals surface area contributed by atoms with Crippen molar-refractivity contribution < 1.29 is 39.6 Å². The highest BCUT2D eigenvalue weighted by Crippen LogP contribution is 2.59. The molecule has 1 saturated carbocycles. The highest BCUT2D eigenvalue weighted by Gasteiger charge is 2.68. The Morgan fingerprint density at radius 2 is 1.70 bits per heavy atom. The standard InChI is InChI=1S/C34H45NO8/c1-8-9-10-12-18(36)15-20-23-17(2)19-13-11-14-21(37)24(19)29(39)26(23)32(42)34(43)27(20)28(35(6)7)30(40)25(31(34)41)22(38)16-33(3,4)5/h11,13-14,17,20,23,27-28,37,39,41,43H,8-10,12,15-16H2,1-7H3. The molecule has 3 aliphatic rings. The highest BCUT2D eigenvalue weighted by atomic mass is 16.3. The van der Waals surface area contributed by atoms with Crippen LogP contribution >= 0.6 is 0 Å². The number of phenolic OH excluding ortho intramolecular Hbond substituents is 1. The molecule has 0 aromatic heterocycles. The summed E-state index contributed by atoms with van der Waals surface area (Å²) in [4.78, 5) is 57.1. The molecule has 234 valence electrons. The van der Waals surface area contributed by atoms with Crippen molar-refractivity contribution in [3.63, 3.8) is 0 Å². The van der Waals surface area contributed by atoms with Crippen molar-refractivity contribution in [3.05, 3.63) is 46.2 Å². The van der Waals surface area contributed by atoms with Crippen LogP contribution in [0.4, 0.5) is 0 Å². The van der Waals surface area contributed by atoms with Crippen molar-refractivity contribution in [2.24, 2.45) is 23.2 Å². The Morgan fingerprint density at radius 1 is 1.05 bits per heavy atom. The van der Waals surface area contributed by atoms with Gasteiger partial charge in [0.25, 0.3) is 0 Å². The zero-order chi connectivity index (χ0) is 32.2. The van der Waals surface area contributed by atoms with E-state index < -0.39 is 75.2 Å². The summed E-state index contributed by atoms with van der Waals surface area (Å²) in [5, 5.41) is 46.3. The summed E-state index contributed by atoms with van der Waals surface area (Å²) in [5.74, 6) is -7.84. The Labute approximate surface area is 253 Å². The number of fused-ring (bicyclic) bond motifs is 3. The molecule has 1 aromatic rings. The first kappa shape index (κ1) is 32.6. The van der Waals surface area contributed by atoms with Crippen LogP contribution in [0, 0.1) is 23.2 Å². The summed E-state index contributed by atoms with van der Waals surface area (Å²) >= 11 is 0. The van der Waals surface area contributed by atoms with Crippen LogP contribution in [-0.2, 0) is 19.2 Å². The van der Waals surface area contributed by atoms with Crippen LogP contribution in [0.1, 0.15) is 90.2 Å². The van der Waals surface area contributed by atoms with E-state index in [9.17, 15) is 39.6 Å². The predicted octanol–water partition coefficient (Wildman–Crippen LogP) is 4.81. The number of hydrogen-bond donors (Lipinski definition) is 4. The summed E-state index contributed by atoms with van der Waals surface area (Å²) in [7, 11) is 3.20. The molecule has 9 heteroatoms. The normalized spacial score (nSPS) is 29.0. The van der Waals surface area contributed by atoms with Gasteiger partial charge < -0.3 is 20.4 Å². The Kier molecular flexibility index (Phi) is 8.84. The molecular formula is C34H45NO8. The topological polar surface area (TPSA) is 152 Å². The number of carbonyl (C=O) groups excluding carboxylic acids is 4. The van der Waals surface area contributed by atoms with Crippen LogP contribution in [0.3, 0.4) is 0 Å². The van der Waals surface area contributed by atoms with Gasteiger partial charge in [0, 0.05) is 36.7 Å². The number of Topliss-reactive ketones (excluding diaryl/α,β-unsaturated/α-hetero) is 4. The molecule has 3 aliphatic carbocycles. The molecule has 1 fully saturated rings. The summed E-state index contributed by atoms with van der Waals surface area (Å²) in [6.45, 7) is 9.23. The predicted molar refractivity (Wildman–Crippen MR) is 161 cm³/mol. The summed E-state index contributed by atoms with van der Waals surface area (Å²) in [6.07, 6.45) is 2.46. The number of aliphatic hydroxyl groups excluding tert-OH is 2. The molecule has 0 bridgehead atoms. The lowest BCUT2D eigenvalue weighted by atomic mass is 9.50. The van der Waals surface area contributed by atoms with Gasteiger partial charge in [0.15, 0.2) is 17.2 Å². The number of rotatable bonds is 9. The lowest BCUT2D eigenvalue weighted by molar-refractivity contribution is -0.163. The first-order valence-corrected chi connectivity index (χ1v) is 15.2. The van der Waals surface area contributed by atoms with Crippen molar-refractivity contribution >= 4 is 28.9 Å². The second-order valence-electron chi connectivity index (χ2n) is 14.0. The molecule has 4 rings (SSSR count). The Morgan fingerprint density at radius 3 is 2.28 bits per heavy atom. The number of hydrogen-bond acceptors (Lipinski definition) is 9. The van der Waals surface area contributed by atoms with E-state index in [2.05, 4.69) is 0 Å². The van der Waals surface area contributed by atoms with Crippen molar-refractivity contribution in [2.75, 3.05) is 14.1 Å². The minimum atomic E-state index is -2.76. The maximum Gasteiger partial charge on any atom is 0.202 e. The lowest BCUT2D eigenvalue weighted by Gasteiger charge is -2.55. The second kappa shape index (κ2) is 11.7. The van der Waals surface area contributed by atoms with Crippen LogP contribution in [0.25, 0.3) is 5.76 Å². The molecule has 9 nitrogen and oxygen atoms in total. The minimum Gasteiger partial charge on any atom is -0.508 e.